The highest BCUT2D eigenvalue weighted by Crippen LogP contribution is 2.38. The van der Waals surface area contributed by atoms with Crippen LogP contribution in [0.15, 0.2) is 23.1 Å². The minimum Gasteiger partial charge on any atom is -0.392 e. The van der Waals surface area contributed by atoms with Crippen LogP contribution in [-0.4, -0.2) is 11.4 Å². The number of hydrogen-bond donors (Lipinski definition) is 1. The summed E-state index contributed by atoms with van der Waals surface area (Å²) in [6, 6.07) is 4.18. The van der Waals surface area contributed by atoms with Crippen molar-refractivity contribution < 1.29 is 18.3 Å². The number of benzene rings is 1. The van der Waals surface area contributed by atoms with Gasteiger partial charge < -0.3 is 5.11 Å². The Balaban J connectivity index is 3.34. The maximum absolute atomic E-state index is 12.6. The quantitative estimate of drug-likeness (QED) is 0.776. The fourth-order valence-corrected chi connectivity index (χ4v) is 1.87. The second kappa shape index (κ2) is 4.23. The molecule has 0 spiro atoms. The van der Waals surface area contributed by atoms with Crippen molar-refractivity contribution in [1.29, 1.82) is 0 Å². The SMILES string of the molecule is CSc1cccc(CO)c1C(F)(F)F. The Morgan fingerprint density at radius 2 is 2.00 bits per heavy atom. The van der Waals surface area contributed by atoms with Gasteiger partial charge in [0, 0.05) is 4.90 Å². The molecule has 1 aromatic rings. The van der Waals surface area contributed by atoms with Gasteiger partial charge in [-0.3, -0.25) is 0 Å². The second-order valence-electron chi connectivity index (χ2n) is 2.65. The Morgan fingerprint density at radius 3 is 2.43 bits per heavy atom. The van der Waals surface area contributed by atoms with Crippen LogP contribution in [0.4, 0.5) is 13.2 Å². The van der Waals surface area contributed by atoms with E-state index in [9.17, 15) is 13.2 Å². The molecule has 0 bridgehead atoms. The van der Waals surface area contributed by atoms with Crippen LogP contribution in [0.5, 0.6) is 0 Å². The van der Waals surface area contributed by atoms with Crippen LogP contribution in [0.25, 0.3) is 0 Å². The average molecular weight is 222 g/mol. The van der Waals surface area contributed by atoms with Gasteiger partial charge in [-0.2, -0.15) is 13.2 Å². The number of halogens is 3. The van der Waals surface area contributed by atoms with Crippen molar-refractivity contribution in [3.8, 4) is 0 Å². The molecule has 0 aliphatic heterocycles. The first-order chi connectivity index (χ1) is 6.50. The van der Waals surface area contributed by atoms with Crippen molar-refractivity contribution in [2.45, 2.75) is 17.7 Å². The van der Waals surface area contributed by atoms with Crippen molar-refractivity contribution in [1.82, 2.24) is 0 Å². The zero-order chi connectivity index (χ0) is 10.8. The molecule has 1 nitrogen and oxygen atoms in total. The molecular weight excluding hydrogens is 213 g/mol. The van der Waals surface area contributed by atoms with E-state index in [0.29, 0.717) is 0 Å². The van der Waals surface area contributed by atoms with Crippen molar-refractivity contribution in [2.75, 3.05) is 6.26 Å². The molecule has 0 aliphatic rings. The van der Waals surface area contributed by atoms with Gasteiger partial charge in [-0.1, -0.05) is 12.1 Å². The summed E-state index contributed by atoms with van der Waals surface area (Å²) >= 11 is 1.02. The van der Waals surface area contributed by atoms with Gasteiger partial charge in [0.15, 0.2) is 0 Å². The lowest BCUT2D eigenvalue weighted by Gasteiger charge is -2.14. The smallest absolute Gasteiger partial charge is 0.392 e. The molecule has 0 radical (unpaired) electrons. The molecule has 0 amide bonds. The van der Waals surface area contributed by atoms with Gasteiger partial charge in [-0.15, -0.1) is 11.8 Å². The summed E-state index contributed by atoms with van der Waals surface area (Å²) in [6.07, 6.45) is -2.83. The molecule has 5 heteroatoms. The molecule has 1 rings (SSSR count). The van der Waals surface area contributed by atoms with Gasteiger partial charge in [0.2, 0.25) is 0 Å². The lowest BCUT2D eigenvalue weighted by molar-refractivity contribution is -0.140. The van der Waals surface area contributed by atoms with Crippen LogP contribution >= 0.6 is 11.8 Å². The highest BCUT2D eigenvalue weighted by Gasteiger charge is 2.35. The Bertz CT molecular complexity index is 300. The minimum absolute atomic E-state index is 0.0793. The van der Waals surface area contributed by atoms with E-state index in [4.69, 9.17) is 5.11 Å². The molecule has 14 heavy (non-hydrogen) atoms. The Hall–Kier alpha value is -0.680. The molecule has 1 N–H and O–H groups in total. The molecule has 0 aromatic heterocycles. The topological polar surface area (TPSA) is 20.2 Å². The maximum atomic E-state index is 12.6. The fraction of sp³-hybridized carbons (Fsp3) is 0.333. The molecular formula is C9H9F3OS. The first kappa shape index (κ1) is 11.4. The van der Waals surface area contributed by atoms with E-state index in [1.54, 1.807) is 6.26 Å². The number of hydrogen-bond acceptors (Lipinski definition) is 2. The van der Waals surface area contributed by atoms with Crippen molar-refractivity contribution in [2.24, 2.45) is 0 Å². The third-order valence-corrected chi connectivity index (χ3v) is 2.57. The summed E-state index contributed by atoms with van der Waals surface area (Å²) in [5, 5.41) is 8.79. The third kappa shape index (κ3) is 2.22. The number of thioether (sulfide) groups is 1. The monoisotopic (exact) mass is 222 g/mol. The van der Waals surface area contributed by atoms with E-state index >= 15 is 0 Å². The predicted octanol–water partition coefficient (Wildman–Crippen LogP) is 2.92. The van der Waals surface area contributed by atoms with E-state index in [1.807, 2.05) is 0 Å². The van der Waals surface area contributed by atoms with Gasteiger partial charge in [0.05, 0.1) is 12.2 Å². The average Bonchev–Trinajstić information content (AvgIpc) is 2.15. The molecule has 0 heterocycles. The van der Waals surface area contributed by atoms with Crippen LogP contribution in [0.2, 0.25) is 0 Å². The summed E-state index contributed by atoms with van der Waals surface area (Å²) in [5.74, 6) is 0. The molecule has 0 saturated heterocycles. The number of aliphatic hydroxyl groups is 1. The molecule has 0 atom stereocenters. The number of rotatable bonds is 2. The summed E-state index contributed by atoms with van der Waals surface area (Å²) < 4.78 is 37.7. The zero-order valence-corrected chi connectivity index (χ0v) is 8.25. The lowest BCUT2D eigenvalue weighted by Crippen LogP contribution is -2.10. The highest BCUT2D eigenvalue weighted by molar-refractivity contribution is 7.98. The van der Waals surface area contributed by atoms with E-state index in [1.165, 1.54) is 18.2 Å². The highest BCUT2D eigenvalue weighted by atomic mass is 32.2. The summed E-state index contributed by atoms with van der Waals surface area (Å²) in [6.45, 7) is -0.594. The molecule has 78 valence electrons. The molecule has 0 saturated carbocycles. The van der Waals surface area contributed by atoms with Crippen LogP contribution in [0, 0.1) is 0 Å². The first-order valence-corrected chi connectivity index (χ1v) is 5.07. The van der Waals surface area contributed by atoms with Crippen molar-refractivity contribution >= 4 is 11.8 Å². The molecule has 0 fully saturated rings. The summed E-state index contributed by atoms with van der Waals surface area (Å²) in [4.78, 5) is 0.143. The molecule has 1 aromatic carbocycles. The summed E-state index contributed by atoms with van der Waals surface area (Å²) in [7, 11) is 0. The fourth-order valence-electron chi connectivity index (χ4n) is 1.20. The molecule has 0 unspecified atom stereocenters. The predicted molar refractivity (Wildman–Crippen MR) is 49.1 cm³/mol. The van der Waals surface area contributed by atoms with E-state index < -0.39 is 18.3 Å². The van der Waals surface area contributed by atoms with E-state index in [0.717, 1.165) is 11.8 Å². The number of aliphatic hydroxyl groups excluding tert-OH is 1. The summed E-state index contributed by atoms with van der Waals surface area (Å²) in [5.41, 5.74) is -0.806. The zero-order valence-electron chi connectivity index (χ0n) is 7.43. The Labute approximate surface area is 83.9 Å². The normalized spacial score (nSPS) is 11.8. The van der Waals surface area contributed by atoms with Gasteiger partial charge in [0.25, 0.3) is 0 Å². The third-order valence-electron chi connectivity index (χ3n) is 1.79. The van der Waals surface area contributed by atoms with Crippen LogP contribution in [0.1, 0.15) is 11.1 Å². The maximum Gasteiger partial charge on any atom is 0.417 e. The second-order valence-corrected chi connectivity index (χ2v) is 3.50. The Kier molecular flexibility index (Phi) is 3.44. The first-order valence-electron chi connectivity index (χ1n) is 3.84. The van der Waals surface area contributed by atoms with Crippen molar-refractivity contribution in [3.05, 3.63) is 29.3 Å². The van der Waals surface area contributed by atoms with Gasteiger partial charge in [0.1, 0.15) is 0 Å². The largest absolute Gasteiger partial charge is 0.417 e. The van der Waals surface area contributed by atoms with Gasteiger partial charge in [-0.25, -0.2) is 0 Å². The van der Waals surface area contributed by atoms with Crippen molar-refractivity contribution in [3.63, 3.8) is 0 Å². The van der Waals surface area contributed by atoms with Crippen LogP contribution in [-0.2, 0) is 12.8 Å². The van der Waals surface area contributed by atoms with Crippen LogP contribution in [0.3, 0.4) is 0 Å². The van der Waals surface area contributed by atoms with Gasteiger partial charge >= 0.3 is 6.18 Å². The molecule has 0 aliphatic carbocycles. The van der Waals surface area contributed by atoms with E-state index in [-0.39, 0.29) is 10.5 Å². The Morgan fingerprint density at radius 1 is 1.36 bits per heavy atom. The standard InChI is InChI=1S/C9H9F3OS/c1-14-7-4-2-3-6(5-13)8(7)9(10,11)12/h2-4,13H,5H2,1H3. The van der Waals surface area contributed by atoms with Gasteiger partial charge in [-0.05, 0) is 17.9 Å². The van der Waals surface area contributed by atoms with Crippen LogP contribution < -0.4 is 0 Å². The van der Waals surface area contributed by atoms with E-state index in [2.05, 4.69) is 0 Å². The number of alkyl halides is 3. The minimum atomic E-state index is -4.41. The lowest BCUT2D eigenvalue weighted by atomic mass is 10.1.